The minimum Gasteiger partial charge on any atom is -0.298 e. The van der Waals surface area contributed by atoms with Gasteiger partial charge >= 0.3 is 0 Å². The van der Waals surface area contributed by atoms with Crippen LogP contribution in [0.5, 0.6) is 0 Å². The van der Waals surface area contributed by atoms with Crippen molar-refractivity contribution >= 4 is 55.6 Å². The molecule has 6 rings (SSSR count). The van der Waals surface area contributed by atoms with Crippen molar-refractivity contribution in [3.8, 4) is 0 Å². The number of Topliss-reactive ketones (excluding diaryl/α,β-unsaturated/α-hetero) is 2. The zero-order valence-electron chi connectivity index (χ0n) is 25.9. The van der Waals surface area contributed by atoms with Crippen LogP contribution in [0.3, 0.4) is 0 Å². The van der Waals surface area contributed by atoms with E-state index in [0.717, 1.165) is 45.8 Å². The van der Waals surface area contributed by atoms with Crippen LogP contribution >= 0.6 is 31.9 Å². The van der Waals surface area contributed by atoms with Crippen LogP contribution in [0.1, 0.15) is 91.2 Å². The molecule has 0 saturated heterocycles. The zero-order chi connectivity index (χ0) is 30.3. The highest BCUT2D eigenvalue weighted by Gasteiger charge is 2.85. The average molecular weight is 693 g/mol. The van der Waals surface area contributed by atoms with Gasteiger partial charge in [0.25, 0.3) is 0 Å². The van der Waals surface area contributed by atoms with Crippen molar-refractivity contribution in [1.29, 1.82) is 0 Å². The van der Waals surface area contributed by atoms with Crippen molar-refractivity contribution < 1.29 is 9.59 Å². The highest BCUT2D eigenvalue weighted by Crippen LogP contribution is 2.84. The van der Waals surface area contributed by atoms with Gasteiger partial charge in [-0.15, -0.1) is 0 Å². The molecule has 0 aromatic heterocycles. The molecule has 2 aromatic carbocycles. The number of carbonyl (C=O) groups excluding carboxylic acids is 2. The van der Waals surface area contributed by atoms with Crippen molar-refractivity contribution in [1.82, 2.24) is 0 Å². The summed E-state index contributed by atoms with van der Waals surface area (Å²) in [5.74, 6) is 0.905. The second-order valence-corrected chi connectivity index (χ2v) is 17.3. The predicted molar refractivity (Wildman–Crippen MR) is 180 cm³/mol. The van der Waals surface area contributed by atoms with E-state index >= 15 is 9.59 Å². The van der Waals surface area contributed by atoms with Gasteiger partial charge in [0.2, 0.25) is 0 Å². The summed E-state index contributed by atoms with van der Waals surface area (Å²) in [5, 5.41) is 0. The quantitative estimate of drug-likeness (QED) is 0.290. The maximum absolute atomic E-state index is 15.4. The molecule has 4 saturated carbocycles. The SMILES string of the molecule is CC1(C)[C@@H]2CC[C@@]1(C)C(=O)[C@@]2(C/C(Br)=C\c1ccccc1)[C@]1(C/C(Br)=C\c2ccccc2)C(=O)[C@@]2(C)CC[C@H]1C2(C)C. The summed E-state index contributed by atoms with van der Waals surface area (Å²) in [6, 6.07) is 20.6. The molecular formula is C38H44Br2O2. The lowest BCUT2D eigenvalue weighted by Gasteiger charge is -2.55. The van der Waals surface area contributed by atoms with Gasteiger partial charge in [0, 0.05) is 10.8 Å². The minimum absolute atomic E-state index is 0.124. The summed E-state index contributed by atoms with van der Waals surface area (Å²) in [7, 11) is 0. The molecule has 0 unspecified atom stereocenters. The first-order valence-electron chi connectivity index (χ1n) is 15.6. The standard InChI is InChI=1S/C38H44Br2O2/c1-33(2)29-17-19-35(33,5)31(41)37(29,23-27(39)21-25-13-9-7-10-14-25)38(24-28(40)22-26-15-11-8-12-16-26)30-18-20-36(6,32(38)42)34(30,3)4/h7-16,21-22,29-30H,17-20,23-24H2,1-6H3/b27-21+,28-22+/t29-,30-,35-,36+,37-,38-/m0/s1. The first-order chi connectivity index (χ1) is 19.7. The molecule has 0 N–H and O–H groups in total. The molecule has 6 atom stereocenters. The fourth-order valence-electron chi connectivity index (χ4n) is 10.7. The lowest BCUT2D eigenvalue weighted by atomic mass is 9.45. The first-order valence-corrected chi connectivity index (χ1v) is 17.2. The van der Waals surface area contributed by atoms with Gasteiger partial charge in [-0.25, -0.2) is 0 Å². The van der Waals surface area contributed by atoms with Crippen LogP contribution in [-0.4, -0.2) is 11.6 Å². The number of rotatable bonds is 7. The van der Waals surface area contributed by atoms with Gasteiger partial charge in [-0.1, -0.05) is 134 Å². The first kappa shape index (κ1) is 30.3. The molecule has 0 spiro atoms. The third-order valence-electron chi connectivity index (χ3n) is 13.4. The van der Waals surface area contributed by atoms with Crippen LogP contribution in [0.15, 0.2) is 69.6 Å². The Morgan fingerprint density at radius 3 is 1.26 bits per heavy atom. The van der Waals surface area contributed by atoms with Crippen molar-refractivity contribution in [3.63, 3.8) is 0 Å². The topological polar surface area (TPSA) is 34.1 Å². The second kappa shape index (κ2) is 9.86. The minimum atomic E-state index is -0.797. The van der Waals surface area contributed by atoms with Crippen molar-refractivity contribution in [3.05, 3.63) is 80.8 Å². The van der Waals surface area contributed by atoms with E-state index in [2.05, 4.69) is 110 Å². The van der Waals surface area contributed by atoms with Crippen LogP contribution in [0, 0.1) is 44.3 Å². The van der Waals surface area contributed by atoms with E-state index in [4.69, 9.17) is 0 Å². The van der Waals surface area contributed by atoms with E-state index < -0.39 is 21.7 Å². The van der Waals surface area contributed by atoms with Crippen LogP contribution < -0.4 is 0 Å². The van der Waals surface area contributed by atoms with Gasteiger partial charge in [0.1, 0.15) is 11.6 Å². The molecule has 2 aromatic rings. The Morgan fingerprint density at radius 2 is 0.976 bits per heavy atom. The third kappa shape index (κ3) is 3.73. The monoisotopic (exact) mass is 690 g/mol. The summed E-state index contributed by atoms with van der Waals surface area (Å²) in [5.41, 5.74) is -0.679. The van der Waals surface area contributed by atoms with Gasteiger partial charge in [0.15, 0.2) is 0 Å². The number of ketones is 2. The highest BCUT2D eigenvalue weighted by molar-refractivity contribution is 9.12. The van der Waals surface area contributed by atoms with E-state index in [1.807, 2.05) is 36.4 Å². The summed E-state index contributed by atoms with van der Waals surface area (Å²) in [6.45, 7) is 13.7. The van der Waals surface area contributed by atoms with Gasteiger partial charge < -0.3 is 0 Å². The van der Waals surface area contributed by atoms with Crippen molar-refractivity contribution in [2.75, 3.05) is 0 Å². The molecule has 4 aliphatic carbocycles. The van der Waals surface area contributed by atoms with E-state index in [1.54, 1.807) is 0 Å². The Kier molecular flexibility index (Phi) is 7.10. The van der Waals surface area contributed by atoms with Crippen LogP contribution in [0.25, 0.3) is 12.2 Å². The Balaban J connectivity index is 1.61. The molecular weight excluding hydrogens is 648 g/mol. The maximum Gasteiger partial charge on any atom is 0.147 e. The molecule has 0 radical (unpaired) electrons. The number of fused-ring (bicyclic) bond motifs is 4. The molecule has 0 aliphatic heterocycles. The van der Waals surface area contributed by atoms with Gasteiger partial charge in [-0.05, 0) is 93.4 Å². The van der Waals surface area contributed by atoms with Crippen molar-refractivity contribution in [2.45, 2.75) is 80.1 Å². The van der Waals surface area contributed by atoms with Gasteiger partial charge in [-0.2, -0.15) is 0 Å². The Labute approximate surface area is 269 Å². The highest BCUT2D eigenvalue weighted by atomic mass is 79.9. The van der Waals surface area contributed by atoms with Crippen LogP contribution in [0.4, 0.5) is 0 Å². The summed E-state index contributed by atoms with van der Waals surface area (Å²) < 4.78 is 2.02. The smallest absolute Gasteiger partial charge is 0.147 e. The Hall–Kier alpha value is -1.78. The fraction of sp³-hybridized carbons (Fsp3) is 0.526. The van der Waals surface area contributed by atoms with E-state index in [9.17, 15) is 0 Å². The number of hydrogen-bond acceptors (Lipinski definition) is 2. The lowest BCUT2D eigenvalue weighted by Crippen LogP contribution is -2.60. The molecule has 2 nitrogen and oxygen atoms in total. The molecule has 42 heavy (non-hydrogen) atoms. The summed E-state index contributed by atoms with van der Waals surface area (Å²) >= 11 is 7.98. The number of hydrogen-bond donors (Lipinski definition) is 0. The molecule has 0 amide bonds. The molecule has 4 aliphatic rings. The molecule has 4 bridgehead atoms. The summed E-state index contributed by atoms with van der Waals surface area (Å²) in [6.07, 6.45) is 9.24. The molecule has 4 fully saturated rings. The zero-order valence-corrected chi connectivity index (χ0v) is 29.1. The van der Waals surface area contributed by atoms with Crippen molar-refractivity contribution in [2.24, 2.45) is 44.3 Å². The Morgan fingerprint density at radius 1 is 0.643 bits per heavy atom. The average Bonchev–Trinajstić information content (AvgIpc) is 3.42. The van der Waals surface area contributed by atoms with E-state index in [0.29, 0.717) is 24.4 Å². The number of benzene rings is 2. The van der Waals surface area contributed by atoms with Gasteiger partial charge in [0.05, 0.1) is 10.8 Å². The van der Waals surface area contributed by atoms with Gasteiger partial charge in [-0.3, -0.25) is 9.59 Å². The molecule has 4 heteroatoms. The molecule has 0 heterocycles. The van der Waals surface area contributed by atoms with E-state index in [-0.39, 0.29) is 22.7 Å². The Bertz CT molecular complexity index is 1370. The third-order valence-corrected chi connectivity index (χ3v) is 14.4. The van der Waals surface area contributed by atoms with E-state index in [1.165, 1.54) is 0 Å². The van der Waals surface area contributed by atoms with Crippen LogP contribution in [0.2, 0.25) is 0 Å². The number of allylic oxidation sites excluding steroid dienone is 2. The summed E-state index contributed by atoms with van der Waals surface area (Å²) in [4.78, 5) is 30.9. The number of carbonyl (C=O) groups is 2. The normalized spacial score (nSPS) is 38.5. The largest absolute Gasteiger partial charge is 0.298 e. The second-order valence-electron chi connectivity index (χ2n) is 15.2. The molecule has 222 valence electrons. The maximum atomic E-state index is 15.4. The lowest BCUT2D eigenvalue weighted by molar-refractivity contribution is -0.164. The fourth-order valence-corrected chi connectivity index (χ4v) is 12.1. The number of halogens is 2. The van der Waals surface area contributed by atoms with Crippen LogP contribution in [-0.2, 0) is 9.59 Å². The predicted octanol–water partition coefficient (Wildman–Crippen LogP) is 10.7.